The molecule has 0 aromatic heterocycles. The van der Waals surface area contributed by atoms with Gasteiger partial charge in [-0.1, -0.05) is 67.4 Å². The number of hydrogen-bond acceptors (Lipinski definition) is 3. The molecule has 0 radical (unpaired) electrons. The second kappa shape index (κ2) is 11.2. The second-order valence-electron chi connectivity index (χ2n) is 9.97. The average molecular weight is 501 g/mol. The number of nitrogens with zero attached hydrogens (tertiary/aromatic N) is 1. The Kier molecular flexibility index (Phi) is 7.54. The van der Waals surface area contributed by atoms with Gasteiger partial charge in [-0.3, -0.25) is 9.59 Å². The van der Waals surface area contributed by atoms with Crippen molar-refractivity contribution in [3.8, 4) is 5.75 Å². The summed E-state index contributed by atoms with van der Waals surface area (Å²) in [5.41, 5.74) is 2.33. The Balaban J connectivity index is 1.50. The highest BCUT2D eigenvalue weighted by atomic mass is 19.1. The van der Waals surface area contributed by atoms with Crippen LogP contribution in [0.2, 0.25) is 0 Å². The number of carbonyl (C=O) groups excluding carboxylic acids is 2. The molecule has 0 bridgehead atoms. The number of benzene rings is 3. The summed E-state index contributed by atoms with van der Waals surface area (Å²) in [4.78, 5) is 29.0. The van der Waals surface area contributed by atoms with Crippen molar-refractivity contribution in [2.24, 2.45) is 0 Å². The average Bonchev–Trinajstić information content (AvgIpc) is 3.42. The van der Waals surface area contributed by atoms with Crippen molar-refractivity contribution in [2.45, 2.75) is 50.5 Å². The van der Waals surface area contributed by atoms with Gasteiger partial charge in [0.15, 0.2) is 0 Å². The molecular formula is C31H33FN2O3. The van der Waals surface area contributed by atoms with Crippen LogP contribution >= 0.6 is 0 Å². The molecule has 1 aliphatic carbocycles. The summed E-state index contributed by atoms with van der Waals surface area (Å²) in [6, 6.07) is 22.0. The van der Waals surface area contributed by atoms with Gasteiger partial charge >= 0.3 is 0 Å². The van der Waals surface area contributed by atoms with Gasteiger partial charge in [0.25, 0.3) is 5.91 Å². The lowest BCUT2D eigenvalue weighted by Gasteiger charge is -2.35. The topological polar surface area (TPSA) is 58.6 Å². The third-order valence-corrected chi connectivity index (χ3v) is 7.68. The Hall–Kier alpha value is -3.67. The highest BCUT2D eigenvalue weighted by molar-refractivity contribution is 5.96. The largest absolute Gasteiger partial charge is 0.491 e. The van der Waals surface area contributed by atoms with Crippen LogP contribution < -0.4 is 10.1 Å². The van der Waals surface area contributed by atoms with Crippen molar-refractivity contribution < 1.29 is 18.7 Å². The van der Waals surface area contributed by atoms with E-state index in [9.17, 15) is 9.59 Å². The number of aryl methyl sites for hydroxylation is 1. The molecule has 0 saturated heterocycles. The van der Waals surface area contributed by atoms with E-state index in [4.69, 9.17) is 4.74 Å². The van der Waals surface area contributed by atoms with Crippen molar-refractivity contribution in [1.82, 2.24) is 10.2 Å². The van der Waals surface area contributed by atoms with E-state index in [1.807, 2.05) is 35.2 Å². The molecule has 2 amide bonds. The lowest BCUT2D eigenvalue weighted by molar-refractivity contribution is -0.138. The first-order chi connectivity index (χ1) is 18.1. The Morgan fingerprint density at radius 3 is 2.41 bits per heavy atom. The SMILES string of the molecule is O=C1NCCCc2ccccc2CN(C(=O)C2(c3ccccc3F)CCCC2)CCOc2ccccc21. The van der Waals surface area contributed by atoms with Crippen LogP contribution in [0.1, 0.15) is 59.2 Å². The van der Waals surface area contributed by atoms with Crippen LogP contribution in [0.15, 0.2) is 72.8 Å². The molecule has 0 spiro atoms. The molecule has 6 heteroatoms. The molecule has 1 N–H and O–H groups in total. The van der Waals surface area contributed by atoms with Gasteiger partial charge in [0.05, 0.1) is 17.5 Å². The zero-order chi connectivity index (χ0) is 25.7. The van der Waals surface area contributed by atoms with E-state index in [-0.39, 0.29) is 24.2 Å². The van der Waals surface area contributed by atoms with E-state index in [1.165, 1.54) is 6.07 Å². The standard InChI is InChI=1S/C31H33FN2O3/c32-27-15-5-4-14-26(27)31(17-7-8-18-31)30(36)34-20-21-37-28-16-6-3-13-25(28)29(35)33-19-9-12-23-10-1-2-11-24(23)22-34/h1-6,10-11,13-16H,7-9,12,17-22H2,(H,33,35). The molecule has 5 rings (SSSR count). The maximum absolute atomic E-state index is 15.1. The molecule has 37 heavy (non-hydrogen) atoms. The zero-order valence-electron chi connectivity index (χ0n) is 21.0. The van der Waals surface area contributed by atoms with Crippen LogP contribution in [0, 0.1) is 5.82 Å². The number of halogens is 1. The number of carbonyl (C=O) groups is 2. The van der Waals surface area contributed by atoms with E-state index >= 15 is 4.39 Å². The molecular weight excluding hydrogens is 467 g/mol. The quantitative estimate of drug-likeness (QED) is 0.511. The molecule has 1 aliphatic heterocycles. The number of hydrogen-bond donors (Lipinski definition) is 1. The Labute approximate surface area is 217 Å². The summed E-state index contributed by atoms with van der Waals surface area (Å²) in [7, 11) is 0. The number of para-hydroxylation sites is 1. The zero-order valence-corrected chi connectivity index (χ0v) is 21.0. The van der Waals surface area contributed by atoms with Crippen molar-refractivity contribution in [3.05, 3.63) is 101 Å². The highest BCUT2D eigenvalue weighted by Crippen LogP contribution is 2.44. The van der Waals surface area contributed by atoms with Crippen LogP contribution in [-0.4, -0.2) is 36.4 Å². The number of rotatable bonds is 2. The van der Waals surface area contributed by atoms with Crippen LogP contribution in [-0.2, 0) is 23.2 Å². The normalized spacial score (nSPS) is 18.1. The monoisotopic (exact) mass is 500 g/mol. The molecule has 1 saturated carbocycles. The van der Waals surface area contributed by atoms with Gasteiger partial charge in [-0.2, -0.15) is 0 Å². The maximum Gasteiger partial charge on any atom is 0.255 e. The number of amides is 2. The summed E-state index contributed by atoms with van der Waals surface area (Å²) in [5.74, 6) is -0.0454. The maximum atomic E-state index is 15.1. The molecule has 192 valence electrons. The van der Waals surface area contributed by atoms with Crippen LogP contribution in [0.3, 0.4) is 0 Å². The number of nitrogens with one attached hydrogen (secondary N) is 1. The first-order valence-electron chi connectivity index (χ1n) is 13.2. The van der Waals surface area contributed by atoms with Gasteiger partial charge in [0, 0.05) is 18.7 Å². The van der Waals surface area contributed by atoms with Gasteiger partial charge in [0.1, 0.15) is 18.2 Å². The summed E-state index contributed by atoms with van der Waals surface area (Å²) in [6.07, 6.45) is 4.62. The van der Waals surface area contributed by atoms with Gasteiger partial charge in [-0.25, -0.2) is 4.39 Å². The Bertz CT molecular complexity index is 1270. The summed E-state index contributed by atoms with van der Waals surface area (Å²) >= 11 is 0. The molecule has 5 nitrogen and oxygen atoms in total. The lowest BCUT2D eigenvalue weighted by Crippen LogP contribution is -2.47. The third-order valence-electron chi connectivity index (χ3n) is 7.68. The predicted molar refractivity (Wildman–Crippen MR) is 141 cm³/mol. The van der Waals surface area contributed by atoms with Gasteiger partial charge in [-0.05, 0) is 55.0 Å². The highest BCUT2D eigenvalue weighted by Gasteiger charge is 2.46. The summed E-state index contributed by atoms with van der Waals surface area (Å²) in [6.45, 7) is 1.54. The third kappa shape index (κ3) is 5.24. The van der Waals surface area contributed by atoms with Crippen molar-refractivity contribution >= 4 is 11.8 Å². The molecule has 3 aromatic rings. The molecule has 3 aromatic carbocycles. The van der Waals surface area contributed by atoms with E-state index in [1.54, 1.807) is 24.3 Å². The van der Waals surface area contributed by atoms with Crippen LogP contribution in [0.4, 0.5) is 4.39 Å². The number of ether oxygens (including phenoxy) is 1. The molecule has 0 atom stereocenters. The lowest BCUT2D eigenvalue weighted by atomic mass is 9.77. The molecule has 2 aliphatic rings. The van der Waals surface area contributed by atoms with E-state index in [2.05, 4.69) is 17.4 Å². The van der Waals surface area contributed by atoms with Crippen molar-refractivity contribution in [3.63, 3.8) is 0 Å². The van der Waals surface area contributed by atoms with E-state index in [0.717, 1.165) is 36.8 Å². The number of fused-ring (bicyclic) bond motifs is 2. The summed E-state index contributed by atoms with van der Waals surface area (Å²) < 4.78 is 21.1. The van der Waals surface area contributed by atoms with Gasteiger partial charge in [0.2, 0.25) is 5.91 Å². The van der Waals surface area contributed by atoms with Crippen LogP contribution in [0.5, 0.6) is 5.75 Å². The molecule has 0 unspecified atom stereocenters. The fraction of sp³-hybridized carbons (Fsp3) is 0.355. The van der Waals surface area contributed by atoms with E-state index < -0.39 is 5.41 Å². The Morgan fingerprint density at radius 2 is 1.59 bits per heavy atom. The van der Waals surface area contributed by atoms with Crippen molar-refractivity contribution in [2.75, 3.05) is 19.7 Å². The van der Waals surface area contributed by atoms with Gasteiger partial charge < -0.3 is 15.0 Å². The minimum Gasteiger partial charge on any atom is -0.491 e. The van der Waals surface area contributed by atoms with Crippen LogP contribution in [0.25, 0.3) is 0 Å². The van der Waals surface area contributed by atoms with Crippen molar-refractivity contribution in [1.29, 1.82) is 0 Å². The molecule has 1 heterocycles. The predicted octanol–water partition coefficient (Wildman–Crippen LogP) is 5.42. The minimum atomic E-state index is -0.872. The van der Waals surface area contributed by atoms with E-state index in [0.29, 0.717) is 49.4 Å². The Morgan fingerprint density at radius 1 is 0.892 bits per heavy atom. The van der Waals surface area contributed by atoms with Gasteiger partial charge in [-0.15, -0.1) is 0 Å². The smallest absolute Gasteiger partial charge is 0.255 e. The summed E-state index contributed by atoms with van der Waals surface area (Å²) in [5, 5.41) is 3.00. The fourth-order valence-corrected chi connectivity index (χ4v) is 5.76. The molecule has 1 fully saturated rings. The fourth-order valence-electron chi connectivity index (χ4n) is 5.76. The first-order valence-corrected chi connectivity index (χ1v) is 13.2. The second-order valence-corrected chi connectivity index (χ2v) is 9.97. The minimum absolute atomic E-state index is 0.0494. The first kappa shape index (κ1) is 25.0.